The van der Waals surface area contributed by atoms with Gasteiger partial charge >= 0.3 is 11.9 Å². The Morgan fingerprint density at radius 1 is 0.571 bits per heavy atom. The first kappa shape index (κ1) is 28.6. The Bertz CT molecular complexity index is 804. The van der Waals surface area contributed by atoms with Crippen LogP contribution in [0.1, 0.15) is 81.5 Å². The van der Waals surface area contributed by atoms with Gasteiger partial charge in [0.05, 0.1) is 24.3 Å². The molecule has 35 heavy (non-hydrogen) atoms. The van der Waals surface area contributed by atoms with Crippen molar-refractivity contribution >= 4 is 11.9 Å². The number of rotatable bonds is 14. The standard InChI is InChI=1S/C31H44O4/c1-22(2)17-27(20-34-30(32)25-13-9-7-10-14-25)29(19-24(5)6)28(18-23(3)4)21-35-31(33)26-15-11-8-12-16-26/h7-16,22-24,27-29H,17-21H2,1-6H3. The number of carbonyl (C=O) groups is 2. The molecule has 4 heteroatoms. The third-order valence-electron chi connectivity index (χ3n) is 6.38. The number of carbonyl (C=O) groups excluding carboxylic acids is 2. The molecule has 0 aliphatic carbocycles. The molecule has 192 valence electrons. The molecule has 0 saturated carbocycles. The summed E-state index contributed by atoms with van der Waals surface area (Å²) in [5.74, 6) is 1.55. The zero-order valence-electron chi connectivity index (χ0n) is 22.4. The lowest BCUT2D eigenvalue weighted by Gasteiger charge is -2.36. The lowest BCUT2D eigenvalue weighted by molar-refractivity contribution is 0.0100. The number of ether oxygens (including phenoxy) is 2. The Kier molecular flexibility index (Phi) is 12.0. The second-order valence-electron chi connectivity index (χ2n) is 11.0. The normalized spacial score (nSPS) is 14.1. The molecule has 0 spiro atoms. The number of benzene rings is 2. The van der Waals surface area contributed by atoms with Gasteiger partial charge in [0.15, 0.2) is 0 Å². The Labute approximate surface area is 212 Å². The van der Waals surface area contributed by atoms with E-state index in [4.69, 9.17) is 9.47 Å². The van der Waals surface area contributed by atoms with Crippen LogP contribution in [0.25, 0.3) is 0 Å². The highest BCUT2D eigenvalue weighted by atomic mass is 16.5. The van der Waals surface area contributed by atoms with Gasteiger partial charge in [-0.1, -0.05) is 77.9 Å². The average Bonchev–Trinajstić information content (AvgIpc) is 2.83. The highest BCUT2D eigenvalue weighted by Gasteiger charge is 2.33. The van der Waals surface area contributed by atoms with Gasteiger partial charge in [-0.2, -0.15) is 0 Å². The third kappa shape index (κ3) is 10.3. The summed E-state index contributed by atoms with van der Waals surface area (Å²) in [5.41, 5.74) is 1.15. The summed E-state index contributed by atoms with van der Waals surface area (Å²) in [5, 5.41) is 0. The molecule has 0 fully saturated rings. The smallest absolute Gasteiger partial charge is 0.338 e. The van der Waals surface area contributed by atoms with Crippen molar-refractivity contribution in [2.45, 2.75) is 60.8 Å². The van der Waals surface area contributed by atoms with Gasteiger partial charge in [0.25, 0.3) is 0 Å². The Balaban J connectivity index is 2.22. The summed E-state index contributed by atoms with van der Waals surface area (Å²) in [7, 11) is 0. The fourth-order valence-corrected chi connectivity index (χ4v) is 4.94. The quantitative estimate of drug-likeness (QED) is 0.260. The van der Waals surface area contributed by atoms with Crippen LogP contribution in [0, 0.1) is 35.5 Å². The van der Waals surface area contributed by atoms with E-state index in [-0.39, 0.29) is 29.7 Å². The van der Waals surface area contributed by atoms with E-state index in [2.05, 4.69) is 41.5 Å². The molecule has 0 radical (unpaired) electrons. The molecule has 0 aliphatic rings. The first-order valence-corrected chi connectivity index (χ1v) is 13.1. The molecule has 2 aromatic carbocycles. The van der Waals surface area contributed by atoms with Crippen LogP contribution in [0.5, 0.6) is 0 Å². The lowest BCUT2D eigenvalue weighted by atomic mass is 9.72. The summed E-state index contributed by atoms with van der Waals surface area (Å²) in [6.45, 7) is 14.1. The van der Waals surface area contributed by atoms with Crippen LogP contribution in [0.15, 0.2) is 60.7 Å². The Hall–Kier alpha value is -2.62. The SMILES string of the molecule is CC(C)CC(COC(=O)c1ccccc1)C(CC(C)C)C(COC(=O)c1ccccc1)CC(C)C. The van der Waals surface area contributed by atoms with Gasteiger partial charge < -0.3 is 9.47 Å². The number of hydrogen-bond donors (Lipinski definition) is 0. The summed E-state index contributed by atoms with van der Waals surface area (Å²) in [4.78, 5) is 25.4. The molecule has 0 bridgehead atoms. The van der Waals surface area contributed by atoms with E-state index in [0.717, 1.165) is 19.3 Å². The van der Waals surface area contributed by atoms with Gasteiger partial charge in [0.1, 0.15) is 0 Å². The first-order valence-electron chi connectivity index (χ1n) is 13.1. The third-order valence-corrected chi connectivity index (χ3v) is 6.38. The first-order chi connectivity index (χ1) is 16.7. The van der Waals surface area contributed by atoms with Gasteiger partial charge in [-0.3, -0.25) is 0 Å². The molecule has 4 nitrogen and oxygen atoms in total. The van der Waals surface area contributed by atoms with Crippen molar-refractivity contribution in [3.63, 3.8) is 0 Å². The molecule has 0 amide bonds. The average molecular weight is 481 g/mol. The van der Waals surface area contributed by atoms with E-state index in [9.17, 15) is 9.59 Å². The van der Waals surface area contributed by atoms with Gasteiger partial charge in [0, 0.05) is 0 Å². The van der Waals surface area contributed by atoms with Gasteiger partial charge in [-0.15, -0.1) is 0 Å². The van der Waals surface area contributed by atoms with Crippen molar-refractivity contribution in [1.29, 1.82) is 0 Å². The van der Waals surface area contributed by atoms with Crippen LogP contribution >= 0.6 is 0 Å². The van der Waals surface area contributed by atoms with Gasteiger partial charge in [-0.05, 0) is 79.0 Å². The van der Waals surface area contributed by atoms with Crippen molar-refractivity contribution in [3.05, 3.63) is 71.8 Å². The van der Waals surface area contributed by atoms with Crippen LogP contribution in [0.3, 0.4) is 0 Å². The molecule has 0 heterocycles. The maximum Gasteiger partial charge on any atom is 0.338 e. The number of hydrogen-bond acceptors (Lipinski definition) is 4. The van der Waals surface area contributed by atoms with Crippen molar-refractivity contribution < 1.29 is 19.1 Å². The largest absolute Gasteiger partial charge is 0.462 e. The van der Waals surface area contributed by atoms with E-state index in [1.807, 2.05) is 36.4 Å². The van der Waals surface area contributed by atoms with E-state index < -0.39 is 0 Å². The second kappa shape index (κ2) is 14.7. The minimum absolute atomic E-state index is 0.198. The topological polar surface area (TPSA) is 52.6 Å². The zero-order valence-corrected chi connectivity index (χ0v) is 22.4. The summed E-state index contributed by atoms with van der Waals surface area (Å²) >= 11 is 0. The van der Waals surface area contributed by atoms with Crippen LogP contribution in [-0.2, 0) is 9.47 Å². The highest BCUT2D eigenvalue weighted by molar-refractivity contribution is 5.89. The van der Waals surface area contributed by atoms with Gasteiger partial charge in [0.2, 0.25) is 0 Å². The molecule has 0 N–H and O–H groups in total. The zero-order chi connectivity index (χ0) is 25.8. The summed E-state index contributed by atoms with van der Waals surface area (Å²) < 4.78 is 11.7. The Morgan fingerprint density at radius 3 is 1.23 bits per heavy atom. The maximum absolute atomic E-state index is 12.7. The number of esters is 2. The summed E-state index contributed by atoms with van der Waals surface area (Å²) in [6.07, 6.45) is 2.92. The van der Waals surface area contributed by atoms with Crippen molar-refractivity contribution in [3.8, 4) is 0 Å². The van der Waals surface area contributed by atoms with E-state index >= 15 is 0 Å². The molecule has 2 unspecified atom stereocenters. The molecule has 2 aromatic rings. The van der Waals surface area contributed by atoms with Crippen LogP contribution in [0.4, 0.5) is 0 Å². The van der Waals surface area contributed by atoms with Crippen LogP contribution in [-0.4, -0.2) is 25.2 Å². The van der Waals surface area contributed by atoms with Crippen LogP contribution in [0.2, 0.25) is 0 Å². The van der Waals surface area contributed by atoms with Crippen molar-refractivity contribution in [1.82, 2.24) is 0 Å². The van der Waals surface area contributed by atoms with E-state index in [1.165, 1.54) is 0 Å². The second-order valence-corrected chi connectivity index (χ2v) is 11.0. The molecule has 0 aromatic heterocycles. The van der Waals surface area contributed by atoms with E-state index in [1.54, 1.807) is 24.3 Å². The molecular formula is C31H44O4. The molecule has 2 atom stereocenters. The molecule has 0 saturated heterocycles. The highest BCUT2D eigenvalue weighted by Crippen LogP contribution is 2.36. The molecular weight excluding hydrogens is 436 g/mol. The predicted molar refractivity (Wildman–Crippen MR) is 142 cm³/mol. The summed E-state index contributed by atoms with van der Waals surface area (Å²) in [6, 6.07) is 18.3. The monoisotopic (exact) mass is 480 g/mol. The minimum Gasteiger partial charge on any atom is -0.462 e. The fourth-order valence-electron chi connectivity index (χ4n) is 4.94. The van der Waals surface area contributed by atoms with Gasteiger partial charge in [-0.25, -0.2) is 9.59 Å². The predicted octanol–water partition coefficient (Wildman–Crippen LogP) is 7.69. The van der Waals surface area contributed by atoms with Crippen molar-refractivity contribution in [2.24, 2.45) is 35.5 Å². The lowest BCUT2D eigenvalue weighted by Crippen LogP contribution is -2.34. The molecule has 0 aliphatic heterocycles. The fraction of sp³-hybridized carbons (Fsp3) is 0.548. The molecule has 2 rings (SSSR count). The van der Waals surface area contributed by atoms with Crippen molar-refractivity contribution in [2.75, 3.05) is 13.2 Å². The van der Waals surface area contributed by atoms with Crippen LogP contribution < -0.4 is 0 Å². The Morgan fingerprint density at radius 2 is 0.914 bits per heavy atom. The van der Waals surface area contributed by atoms with E-state index in [0.29, 0.717) is 42.1 Å². The minimum atomic E-state index is -0.279. The maximum atomic E-state index is 12.7.